The fourth-order valence-electron chi connectivity index (χ4n) is 2.57. The van der Waals surface area contributed by atoms with Crippen molar-refractivity contribution in [2.75, 3.05) is 11.1 Å². The fourth-order valence-corrected chi connectivity index (χ4v) is 2.57. The predicted molar refractivity (Wildman–Crippen MR) is 88.8 cm³/mol. The van der Waals surface area contributed by atoms with Crippen LogP contribution in [0.5, 0.6) is 0 Å². The Morgan fingerprint density at radius 1 is 1.14 bits per heavy atom. The number of nitrogens with zero attached hydrogens (tertiary/aromatic N) is 2. The van der Waals surface area contributed by atoms with Gasteiger partial charge in [-0.1, -0.05) is 43.7 Å². The molecule has 0 amide bonds. The summed E-state index contributed by atoms with van der Waals surface area (Å²) in [6.45, 7) is 2.13. The number of aryl methyl sites for hydroxylation is 2. The lowest BCUT2D eigenvalue weighted by Crippen LogP contribution is -2.01. The van der Waals surface area contributed by atoms with Gasteiger partial charge in [0.15, 0.2) is 5.82 Å². The molecule has 0 radical (unpaired) electrons. The van der Waals surface area contributed by atoms with Crippen LogP contribution in [0.3, 0.4) is 0 Å². The summed E-state index contributed by atoms with van der Waals surface area (Å²) in [6.07, 6.45) is 1.94. The maximum atomic E-state index is 6.20. The highest BCUT2D eigenvalue weighted by molar-refractivity contribution is 5.87. The molecule has 0 aliphatic carbocycles. The van der Waals surface area contributed by atoms with Gasteiger partial charge in [-0.3, -0.25) is 4.68 Å². The highest BCUT2D eigenvalue weighted by Crippen LogP contribution is 2.28. The number of rotatable bonds is 4. The van der Waals surface area contributed by atoms with E-state index in [4.69, 9.17) is 5.73 Å². The first-order valence-electron chi connectivity index (χ1n) is 7.26. The molecule has 0 spiro atoms. The van der Waals surface area contributed by atoms with Crippen LogP contribution in [0.2, 0.25) is 0 Å². The number of aromatic nitrogens is 2. The molecule has 0 saturated heterocycles. The molecular formula is C17H20N4. The normalized spacial score (nSPS) is 11.0. The van der Waals surface area contributed by atoms with Crippen molar-refractivity contribution in [3.8, 4) is 0 Å². The van der Waals surface area contributed by atoms with Crippen molar-refractivity contribution in [3.63, 3.8) is 0 Å². The largest absolute Gasteiger partial charge is 0.394 e. The van der Waals surface area contributed by atoms with Crippen molar-refractivity contribution in [3.05, 3.63) is 48.2 Å². The third-order valence-corrected chi connectivity index (χ3v) is 3.66. The lowest BCUT2D eigenvalue weighted by atomic mass is 10.1. The summed E-state index contributed by atoms with van der Waals surface area (Å²) in [7, 11) is 1.92. The highest BCUT2D eigenvalue weighted by Gasteiger charge is 2.12. The van der Waals surface area contributed by atoms with Gasteiger partial charge >= 0.3 is 0 Å². The van der Waals surface area contributed by atoms with Crippen LogP contribution < -0.4 is 11.1 Å². The maximum Gasteiger partial charge on any atom is 0.152 e. The predicted octanol–water partition coefficient (Wildman–Crippen LogP) is 3.85. The molecule has 4 nitrogen and oxygen atoms in total. The quantitative estimate of drug-likeness (QED) is 0.763. The lowest BCUT2D eigenvalue weighted by molar-refractivity contribution is 0.740. The molecule has 0 bridgehead atoms. The van der Waals surface area contributed by atoms with Crippen LogP contribution in [-0.2, 0) is 13.5 Å². The Kier molecular flexibility index (Phi) is 3.52. The Hall–Kier alpha value is -2.49. The van der Waals surface area contributed by atoms with E-state index < -0.39 is 0 Å². The fraction of sp³-hybridized carbons (Fsp3) is 0.235. The van der Waals surface area contributed by atoms with Crippen molar-refractivity contribution in [1.29, 1.82) is 0 Å². The van der Waals surface area contributed by atoms with Gasteiger partial charge in [-0.15, -0.1) is 0 Å². The van der Waals surface area contributed by atoms with Crippen LogP contribution in [-0.4, -0.2) is 9.78 Å². The van der Waals surface area contributed by atoms with Gasteiger partial charge in [-0.05, 0) is 29.3 Å². The minimum atomic E-state index is 0.743. The molecular weight excluding hydrogens is 260 g/mol. The molecule has 3 rings (SSSR count). The van der Waals surface area contributed by atoms with Crippen LogP contribution in [0.4, 0.5) is 17.2 Å². The van der Waals surface area contributed by atoms with Gasteiger partial charge in [0.1, 0.15) is 0 Å². The van der Waals surface area contributed by atoms with E-state index in [0.29, 0.717) is 0 Å². The third-order valence-electron chi connectivity index (χ3n) is 3.66. The Balaban J connectivity index is 1.94. The Morgan fingerprint density at radius 3 is 2.67 bits per heavy atom. The van der Waals surface area contributed by atoms with Gasteiger partial charge in [-0.25, -0.2) is 0 Å². The van der Waals surface area contributed by atoms with Crippen LogP contribution in [0.1, 0.15) is 19.0 Å². The van der Waals surface area contributed by atoms with Crippen LogP contribution in [0.25, 0.3) is 10.8 Å². The summed E-state index contributed by atoms with van der Waals surface area (Å²) in [4.78, 5) is 0. The molecule has 4 heteroatoms. The second kappa shape index (κ2) is 5.48. The van der Waals surface area contributed by atoms with Crippen molar-refractivity contribution < 1.29 is 0 Å². The van der Waals surface area contributed by atoms with Crippen molar-refractivity contribution in [1.82, 2.24) is 9.78 Å². The van der Waals surface area contributed by atoms with E-state index in [0.717, 1.165) is 35.7 Å². The molecule has 0 fully saturated rings. The van der Waals surface area contributed by atoms with Gasteiger partial charge in [0.25, 0.3) is 0 Å². The van der Waals surface area contributed by atoms with E-state index in [9.17, 15) is 0 Å². The molecule has 108 valence electrons. The van der Waals surface area contributed by atoms with E-state index >= 15 is 0 Å². The molecule has 21 heavy (non-hydrogen) atoms. The number of nitrogen functional groups attached to an aromatic ring is 1. The topological polar surface area (TPSA) is 55.9 Å². The van der Waals surface area contributed by atoms with E-state index in [-0.39, 0.29) is 0 Å². The summed E-state index contributed by atoms with van der Waals surface area (Å²) in [5.74, 6) is 0.855. The van der Waals surface area contributed by atoms with E-state index in [2.05, 4.69) is 47.7 Å². The number of hydrogen-bond donors (Lipinski definition) is 2. The number of hydrogen-bond acceptors (Lipinski definition) is 3. The van der Waals surface area contributed by atoms with Crippen molar-refractivity contribution in [2.45, 2.75) is 19.8 Å². The smallest absolute Gasteiger partial charge is 0.152 e. The summed E-state index contributed by atoms with van der Waals surface area (Å²) in [6, 6.07) is 14.6. The van der Waals surface area contributed by atoms with E-state index in [1.54, 1.807) is 0 Å². The number of anilines is 3. The number of fused-ring (bicyclic) bond motifs is 1. The Labute approximate surface area is 124 Å². The molecule has 3 aromatic rings. The van der Waals surface area contributed by atoms with Crippen molar-refractivity contribution in [2.24, 2.45) is 7.05 Å². The number of benzene rings is 2. The minimum Gasteiger partial charge on any atom is -0.394 e. The first-order chi connectivity index (χ1) is 10.2. The summed E-state index contributed by atoms with van der Waals surface area (Å²) in [5, 5.41) is 10.3. The second-order valence-electron chi connectivity index (χ2n) is 5.27. The SMILES string of the molecule is CCCc1nn(C)c(Nc2ccc3ccccc3c2)c1N. The van der Waals surface area contributed by atoms with Gasteiger partial charge in [0, 0.05) is 12.7 Å². The van der Waals surface area contributed by atoms with Crippen LogP contribution in [0, 0.1) is 0 Å². The highest BCUT2D eigenvalue weighted by atomic mass is 15.3. The molecule has 2 aromatic carbocycles. The van der Waals surface area contributed by atoms with Gasteiger partial charge < -0.3 is 11.1 Å². The summed E-state index contributed by atoms with van der Waals surface area (Å²) >= 11 is 0. The molecule has 0 unspecified atom stereocenters. The lowest BCUT2D eigenvalue weighted by Gasteiger charge is -2.09. The second-order valence-corrected chi connectivity index (χ2v) is 5.27. The zero-order valence-electron chi connectivity index (χ0n) is 12.4. The van der Waals surface area contributed by atoms with Crippen molar-refractivity contribution >= 4 is 28.0 Å². The molecule has 1 heterocycles. The first-order valence-corrected chi connectivity index (χ1v) is 7.26. The number of nitrogens with one attached hydrogen (secondary N) is 1. The summed E-state index contributed by atoms with van der Waals surface area (Å²) < 4.78 is 1.81. The maximum absolute atomic E-state index is 6.20. The molecule has 0 aliphatic rings. The van der Waals surface area contributed by atoms with Gasteiger partial charge in [0.2, 0.25) is 0 Å². The van der Waals surface area contributed by atoms with Gasteiger partial charge in [-0.2, -0.15) is 5.10 Å². The summed E-state index contributed by atoms with van der Waals surface area (Å²) in [5.41, 5.74) is 8.93. The average molecular weight is 280 g/mol. The molecule has 0 aliphatic heterocycles. The third kappa shape index (κ3) is 2.57. The van der Waals surface area contributed by atoms with Crippen LogP contribution in [0.15, 0.2) is 42.5 Å². The first kappa shape index (κ1) is 13.5. The standard InChI is InChI=1S/C17H20N4/c1-3-6-15-16(18)17(21(2)20-15)19-14-10-9-12-7-4-5-8-13(12)11-14/h4-5,7-11,19H,3,6,18H2,1-2H3. The molecule has 1 aromatic heterocycles. The van der Waals surface area contributed by atoms with Gasteiger partial charge in [0.05, 0.1) is 11.4 Å². The number of nitrogens with two attached hydrogens (primary N) is 1. The average Bonchev–Trinajstić information content (AvgIpc) is 2.75. The van der Waals surface area contributed by atoms with Crippen LogP contribution >= 0.6 is 0 Å². The molecule has 0 saturated carbocycles. The monoisotopic (exact) mass is 280 g/mol. The van der Waals surface area contributed by atoms with E-state index in [1.165, 1.54) is 10.8 Å². The molecule has 3 N–H and O–H groups in total. The Morgan fingerprint density at radius 2 is 1.90 bits per heavy atom. The zero-order valence-corrected chi connectivity index (χ0v) is 12.4. The zero-order chi connectivity index (χ0) is 14.8. The van der Waals surface area contributed by atoms with E-state index in [1.807, 2.05) is 23.9 Å². The minimum absolute atomic E-state index is 0.743. The molecule has 0 atom stereocenters. The Bertz CT molecular complexity index is 774.